The first-order valence-corrected chi connectivity index (χ1v) is 7.17. The second-order valence-electron chi connectivity index (χ2n) is 5.81. The maximum atomic E-state index is 9.72. The highest BCUT2D eigenvalue weighted by Gasteiger charge is 2.13. The van der Waals surface area contributed by atoms with E-state index in [1.165, 1.54) is 6.33 Å². The Labute approximate surface area is 134 Å². The number of fused-ring (bicyclic) bond motifs is 1. The number of aliphatic hydroxyl groups is 1. The molecule has 2 heterocycles. The second kappa shape index (κ2) is 5.38. The third-order valence-electron chi connectivity index (χ3n) is 3.27. The van der Waals surface area contributed by atoms with Crippen LogP contribution in [0.5, 0.6) is 0 Å². The number of benzene rings is 1. The first-order valence-electron chi connectivity index (χ1n) is 7.17. The number of hydrogen-bond donors (Lipinski definition) is 2. The lowest BCUT2D eigenvalue weighted by atomic mass is 10.1. The fraction of sp³-hybridized carbons (Fsp3) is 0.235. The van der Waals surface area contributed by atoms with E-state index in [4.69, 9.17) is 5.73 Å². The molecule has 0 aliphatic carbocycles. The zero-order valence-electron chi connectivity index (χ0n) is 13.2. The molecule has 3 aromatic rings. The Bertz CT molecular complexity index is 941. The zero-order valence-corrected chi connectivity index (χ0v) is 13.2. The molecule has 0 amide bonds. The molecule has 0 saturated heterocycles. The standard InChI is InChI=1S/C17H17N5O/c1-11-14-15(18)19-10-20-16(14)22(21-11)13-6-4-5-12(9-13)7-8-17(2,3)23/h4-6,9-10,23H,1-3H3,(H2,18,19,20). The van der Waals surface area contributed by atoms with Crippen LogP contribution in [0.3, 0.4) is 0 Å². The second-order valence-corrected chi connectivity index (χ2v) is 5.81. The van der Waals surface area contributed by atoms with Crippen LogP contribution in [0, 0.1) is 18.8 Å². The minimum Gasteiger partial charge on any atom is -0.383 e. The number of rotatable bonds is 1. The lowest BCUT2D eigenvalue weighted by Crippen LogP contribution is -2.14. The molecule has 0 spiro atoms. The van der Waals surface area contributed by atoms with E-state index in [0.29, 0.717) is 11.5 Å². The molecule has 0 saturated carbocycles. The van der Waals surface area contributed by atoms with Crippen molar-refractivity contribution in [1.82, 2.24) is 19.7 Å². The van der Waals surface area contributed by atoms with Crippen molar-refractivity contribution in [3.63, 3.8) is 0 Å². The van der Waals surface area contributed by atoms with Crippen molar-refractivity contribution in [1.29, 1.82) is 0 Å². The number of aryl methyl sites for hydroxylation is 1. The molecule has 0 bridgehead atoms. The Kier molecular flexibility index (Phi) is 3.51. The number of nitrogens with zero attached hydrogens (tertiary/aromatic N) is 4. The average Bonchev–Trinajstić information content (AvgIpc) is 2.83. The Balaban J connectivity index is 2.13. The Hall–Kier alpha value is -2.91. The SMILES string of the molecule is Cc1nn(-c2cccc(C#CC(C)(C)O)c2)c2ncnc(N)c12. The Morgan fingerprint density at radius 2 is 2.04 bits per heavy atom. The van der Waals surface area contributed by atoms with Gasteiger partial charge in [-0.2, -0.15) is 5.10 Å². The number of anilines is 1. The summed E-state index contributed by atoms with van der Waals surface area (Å²) in [6.45, 7) is 5.17. The molecule has 23 heavy (non-hydrogen) atoms. The molecule has 1 aromatic carbocycles. The molecular formula is C17H17N5O. The van der Waals surface area contributed by atoms with Gasteiger partial charge in [0.15, 0.2) is 5.65 Å². The maximum absolute atomic E-state index is 9.72. The van der Waals surface area contributed by atoms with Crippen molar-refractivity contribution in [2.24, 2.45) is 0 Å². The number of hydrogen-bond acceptors (Lipinski definition) is 5. The third kappa shape index (κ3) is 3.00. The van der Waals surface area contributed by atoms with Gasteiger partial charge in [-0.05, 0) is 39.0 Å². The van der Waals surface area contributed by atoms with Crippen molar-refractivity contribution in [3.8, 4) is 17.5 Å². The van der Waals surface area contributed by atoms with E-state index in [2.05, 4.69) is 26.9 Å². The van der Waals surface area contributed by atoms with E-state index in [0.717, 1.165) is 22.3 Å². The van der Waals surface area contributed by atoms with E-state index in [1.54, 1.807) is 18.5 Å². The van der Waals surface area contributed by atoms with Crippen LogP contribution in [-0.4, -0.2) is 30.5 Å². The molecule has 0 fully saturated rings. The van der Waals surface area contributed by atoms with Gasteiger partial charge in [-0.1, -0.05) is 17.9 Å². The van der Waals surface area contributed by atoms with Crippen LogP contribution < -0.4 is 5.73 Å². The molecule has 2 aromatic heterocycles. The van der Waals surface area contributed by atoms with Gasteiger partial charge in [0.25, 0.3) is 0 Å². The van der Waals surface area contributed by atoms with Gasteiger partial charge >= 0.3 is 0 Å². The molecule has 0 unspecified atom stereocenters. The van der Waals surface area contributed by atoms with Gasteiger partial charge in [-0.25, -0.2) is 14.6 Å². The van der Waals surface area contributed by atoms with Gasteiger partial charge in [0.05, 0.1) is 16.8 Å². The minimum absolute atomic E-state index is 0.414. The monoisotopic (exact) mass is 307 g/mol. The van der Waals surface area contributed by atoms with E-state index in [-0.39, 0.29) is 0 Å². The van der Waals surface area contributed by atoms with E-state index >= 15 is 0 Å². The van der Waals surface area contributed by atoms with E-state index in [9.17, 15) is 5.11 Å². The Morgan fingerprint density at radius 3 is 2.78 bits per heavy atom. The molecule has 0 radical (unpaired) electrons. The maximum Gasteiger partial charge on any atom is 0.168 e. The quantitative estimate of drug-likeness (QED) is 0.669. The number of aromatic nitrogens is 4. The summed E-state index contributed by atoms with van der Waals surface area (Å²) < 4.78 is 1.72. The van der Waals surface area contributed by atoms with Gasteiger partial charge < -0.3 is 10.8 Å². The highest BCUT2D eigenvalue weighted by atomic mass is 16.3. The highest BCUT2D eigenvalue weighted by Crippen LogP contribution is 2.23. The highest BCUT2D eigenvalue weighted by molar-refractivity contribution is 5.88. The first kappa shape index (κ1) is 15.0. The van der Waals surface area contributed by atoms with Crippen LogP contribution in [-0.2, 0) is 0 Å². The lowest BCUT2D eigenvalue weighted by molar-refractivity contribution is 0.143. The number of nitrogen functional groups attached to an aromatic ring is 1. The zero-order chi connectivity index (χ0) is 16.6. The molecule has 0 atom stereocenters. The normalized spacial score (nSPS) is 11.3. The van der Waals surface area contributed by atoms with Crippen molar-refractivity contribution in [3.05, 3.63) is 41.9 Å². The smallest absolute Gasteiger partial charge is 0.168 e. The van der Waals surface area contributed by atoms with Crippen molar-refractivity contribution in [2.45, 2.75) is 26.4 Å². The Morgan fingerprint density at radius 1 is 1.26 bits per heavy atom. The van der Waals surface area contributed by atoms with Gasteiger partial charge in [-0.15, -0.1) is 0 Å². The van der Waals surface area contributed by atoms with E-state index in [1.807, 2.05) is 31.2 Å². The lowest BCUT2D eigenvalue weighted by Gasteiger charge is -2.06. The predicted octanol–water partition coefficient (Wildman–Crippen LogP) is 1.83. The van der Waals surface area contributed by atoms with Crippen LogP contribution in [0.4, 0.5) is 5.82 Å². The van der Waals surface area contributed by atoms with Crippen LogP contribution >= 0.6 is 0 Å². The van der Waals surface area contributed by atoms with Crippen molar-refractivity contribution >= 4 is 16.9 Å². The number of nitrogens with two attached hydrogens (primary N) is 1. The van der Waals surface area contributed by atoms with E-state index < -0.39 is 5.60 Å². The summed E-state index contributed by atoms with van der Waals surface area (Å²) in [6, 6.07) is 7.57. The molecule has 6 nitrogen and oxygen atoms in total. The summed E-state index contributed by atoms with van der Waals surface area (Å²) in [4.78, 5) is 8.30. The van der Waals surface area contributed by atoms with Crippen LogP contribution in [0.15, 0.2) is 30.6 Å². The molecular weight excluding hydrogens is 290 g/mol. The first-order chi connectivity index (χ1) is 10.8. The fourth-order valence-corrected chi connectivity index (χ4v) is 2.27. The summed E-state index contributed by atoms with van der Waals surface area (Å²) in [5, 5.41) is 15.0. The van der Waals surface area contributed by atoms with Crippen molar-refractivity contribution < 1.29 is 5.11 Å². The average molecular weight is 307 g/mol. The summed E-state index contributed by atoms with van der Waals surface area (Å²) >= 11 is 0. The summed E-state index contributed by atoms with van der Waals surface area (Å²) in [7, 11) is 0. The predicted molar refractivity (Wildman–Crippen MR) is 89.0 cm³/mol. The molecule has 0 aliphatic heterocycles. The third-order valence-corrected chi connectivity index (χ3v) is 3.27. The largest absolute Gasteiger partial charge is 0.383 e. The summed E-state index contributed by atoms with van der Waals surface area (Å²) in [5.41, 5.74) is 7.92. The van der Waals surface area contributed by atoms with Gasteiger partial charge in [0.2, 0.25) is 0 Å². The van der Waals surface area contributed by atoms with Gasteiger partial charge in [-0.3, -0.25) is 0 Å². The molecule has 0 aliphatic rings. The minimum atomic E-state index is -1.04. The molecule has 3 rings (SSSR count). The summed E-state index contributed by atoms with van der Waals surface area (Å²) in [5.74, 6) is 6.17. The van der Waals surface area contributed by atoms with Crippen LogP contribution in [0.2, 0.25) is 0 Å². The van der Waals surface area contributed by atoms with Crippen molar-refractivity contribution in [2.75, 3.05) is 5.73 Å². The molecule has 3 N–H and O–H groups in total. The fourth-order valence-electron chi connectivity index (χ4n) is 2.27. The van der Waals surface area contributed by atoms with Gasteiger partial charge in [0.1, 0.15) is 17.7 Å². The summed E-state index contributed by atoms with van der Waals surface area (Å²) in [6.07, 6.45) is 1.42. The van der Waals surface area contributed by atoms with Crippen LogP contribution in [0.1, 0.15) is 25.1 Å². The molecule has 116 valence electrons. The van der Waals surface area contributed by atoms with Crippen LogP contribution in [0.25, 0.3) is 16.7 Å². The molecule has 6 heteroatoms. The van der Waals surface area contributed by atoms with Gasteiger partial charge in [0, 0.05) is 5.56 Å². The topological polar surface area (TPSA) is 89.8 Å².